The van der Waals surface area contributed by atoms with Crippen LogP contribution < -0.4 is 10.1 Å². The minimum Gasteiger partial charge on any atom is -0.493 e. The molecule has 8 heteroatoms. The van der Waals surface area contributed by atoms with Crippen molar-refractivity contribution in [3.05, 3.63) is 76.2 Å². The third kappa shape index (κ3) is 3.42. The minimum absolute atomic E-state index is 0.146. The van der Waals surface area contributed by atoms with E-state index in [4.69, 9.17) is 27.9 Å². The van der Waals surface area contributed by atoms with E-state index >= 15 is 0 Å². The first-order valence-electron chi connectivity index (χ1n) is 9.83. The number of amides is 1. The van der Waals surface area contributed by atoms with Crippen LogP contribution in [-0.4, -0.2) is 27.0 Å². The van der Waals surface area contributed by atoms with Crippen LogP contribution in [0.1, 0.15) is 28.6 Å². The quantitative estimate of drug-likeness (QED) is 0.463. The highest BCUT2D eigenvalue weighted by molar-refractivity contribution is 6.43. The molecule has 4 aromatic rings. The Morgan fingerprint density at radius 2 is 1.97 bits per heavy atom. The van der Waals surface area contributed by atoms with Crippen LogP contribution in [-0.2, 0) is 7.05 Å². The third-order valence-corrected chi connectivity index (χ3v) is 6.29. The Morgan fingerprint density at radius 1 is 1.13 bits per heavy atom. The molecule has 0 aliphatic carbocycles. The van der Waals surface area contributed by atoms with E-state index in [1.165, 1.54) is 0 Å². The van der Waals surface area contributed by atoms with Gasteiger partial charge >= 0.3 is 0 Å². The summed E-state index contributed by atoms with van der Waals surface area (Å²) >= 11 is 12.6. The second-order valence-corrected chi connectivity index (χ2v) is 8.11. The molecule has 0 radical (unpaired) electrons. The number of imidazole rings is 1. The molecule has 156 valence electrons. The van der Waals surface area contributed by atoms with Crippen LogP contribution in [0.4, 0.5) is 0 Å². The van der Waals surface area contributed by atoms with E-state index in [1.54, 1.807) is 23.9 Å². The molecule has 1 aliphatic heterocycles. The van der Waals surface area contributed by atoms with Crippen LogP contribution in [0, 0.1) is 0 Å². The Bertz CT molecular complexity index is 1320. The monoisotopic (exact) mass is 452 g/mol. The number of carbonyl (C=O) groups excluding carboxylic acids is 1. The number of ether oxygens (including phenoxy) is 1. The molecule has 0 fully saturated rings. The van der Waals surface area contributed by atoms with Gasteiger partial charge in [0.15, 0.2) is 5.65 Å². The number of nitrogens with one attached hydrogen (secondary N) is 1. The number of aromatic nitrogens is 3. The van der Waals surface area contributed by atoms with Crippen molar-refractivity contribution in [3.8, 4) is 16.9 Å². The maximum atomic E-state index is 13.2. The zero-order valence-electron chi connectivity index (χ0n) is 16.6. The Hall–Kier alpha value is -3.09. The van der Waals surface area contributed by atoms with E-state index in [9.17, 15) is 4.79 Å². The molecule has 0 saturated heterocycles. The second-order valence-electron chi connectivity index (χ2n) is 7.33. The number of hydrogen-bond acceptors (Lipinski definition) is 4. The SMILES string of the molecule is Cn1c(C(=O)N[C@H]2CCOc3ccccc32)nc2c(-c3cccc(Cl)c3Cl)ccnc21. The lowest BCUT2D eigenvalue weighted by Crippen LogP contribution is -2.33. The van der Waals surface area contributed by atoms with E-state index in [0.29, 0.717) is 34.2 Å². The molecule has 31 heavy (non-hydrogen) atoms. The maximum Gasteiger partial charge on any atom is 0.287 e. The smallest absolute Gasteiger partial charge is 0.287 e. The van der Waals surface area contributed by atoms with Crippen molar-refractivity contribution >= 4 is 40.3 Å². The second kappa shape index (κ2) is 7.87. The van der Waals surface area contributed by atoms with Gasteiger partial charge in [0.25, 0.3) is 5.91 Å². The highest BCUT2D eigenvalue weighted by Gasteiger charge is 2.26. The minimum atomic E-state index is -0.273. The average molecular weight is 453 g/mol. The number of benzene rings is 2. The number of para-hydroxylation sites is 1. The van der Waals surface area contributed by atoms with Crippen LogP contribution in [0.25, 0.3) is 22.3 Å². The standard InChI is InChI=1S/C23H18Cl2N4O2/c1-29-21-20(14(9-11-26-21)13-6-4-7-16(24)19(13)25)28-22(29)23(30)27-17-10-12-31-18-8-3-2-5-15(17)18/h2-9,11,17H,10,12H2,1H3,(H,27,30)/t17-/m0/s1. The fourth-order valence-corrected chi connectivity index (χ4v) is 4.33. The number of fused-ring (bicyclic) bond motifs is 2. The van der Waals surface area contributed by atoms with Gasteiger partial charge < -0.3 is 14.6 Å². The fraction of sp³-hybridized carbons (Fsp3) is 0.174. The summed E-state index contributed by atoms with van der Waals surface area (Å²) in [5, 5.41) is 3.99. The molecule has 1 atom stereocenters. The van der Waals surface area contributed by atoms with Crippen LogP contribution in [0.15, 0.2) is 54.7 Å². The first-order valence-corrected chi connectivity index (χ1v) is 10.6. The van der Waals surface area contributed by atoms with Gasteiger partial charge in [0.05, 0.1) is 22.7 Å². The van der Waals surface area contributed by atoms with Crippen molar-refractivity contribution in [3.63, 3.8) is 0 Å². The van der Waals surface area contributed by atoms with Gasteiger partial charge in [-0.1, -0.05) is 53.5 Å². The molecule has 5 rings (SSSR count). The van der Waals surface area contributed by atoms with Crippen molar-refractivity contribution < 1.29 is 9.53 Å². The molecule has 2 aromatic heterocycles. The van der Waals surface area contributed by atoms with Crippen molar-refractivity contribution in [2.45, 2.75) is 12.5 Å². The summed E-state index contributed by atoms with van der Waals surface area (Å²) < 4.78 is 7.39. The summed E-state index contributed by atoms with van der Waals surface area (Å²) in [6.07, 6.45) is 2.36. The number of pyridine rings is 1. The highest BCUT2D eigenvalue weighted by Crippen LogP contribution is 2.36. The number of aryl methyl sites for hydroxylation is 1. The van der Waals surface area contributed by atoms with E-state index < -0.39 is 0 Å². The Labute approximate surface area is 188 Å². The molecule has 0 bridgehead atoms. The molecule has 3 heterocycles. The first kappa shape index (κ1) is 19.8. The summed E-state index contributed by atoms with van der Waals surface area (Å²) in [5.74, 6) is 0.797. The summed E-state index contributed by atoms with van der Waals surface area (Å²) in [6.45, 7) is 0.545. The predicted octanol–water partition coefficient (Wildman–Crippen LogP) is 5.20. The van der Waals surface area contributed by atoms with Crippen LogP contribution in [0.3, 0.4) is 0 Å². The Balaban J connectivity index is 1.54. The number of halogens is 2. The zero-order valence-corrected chi connectivity index (χ0v) is 18.1. The molecule has 0 spiro atoms. The van der Waals surface area contributed by atoms with Crippen molar-refractivity contribution in [2.75, 3.05) is 6.61 Å². The largest absolute Gasteiger partial charge is 0.493 e. The summed E-state index contributed by atoms with van der Waals surface area (Å²) in [4.78, 5) is 22.2. The van der Waals surface area contributed by atoms with Crippen molar-refractivity contribution in [2.24, 2.45) is 7.05 Å². The van der Waals surface area contributed by atoms with Crippen LogP contribution in [0.2, 0.25) is 10.0 Å². The van der Waals surface area contributed by atoms with Gasteiger partial charge in [-0.2, -0.15) is 0 Å². The Kier molecular flexibility index (Phi) is 5.04. The van der Waals surface area contributed by atoms with Gasteiger partial charge in [-0.25, -0.2) is 9.97 Å². The zero-order chi connectivity index (χ0) is 21.5. The normalized spacial score (nSPS) is 15.4. The molecule has 2 aromatic carbocycles. The lowest BCUT2D eigenvalue weighted by Gasteiger charge is -2.26. The molecular weight excluding hydrogens is 435 g/mol. The van der Waals surface area contributed by atoms with Gasteiger partial charge in [-0.05, 0) is 18.2 Å². The third-order valence-electron chi connectivity index (χ3n) is 5.47. The topological polar surface area (TPSA) is 69.0 Å². The molecular formula is C23H18Cl2N4O2. The summed E-state index contributed by atoms with van der Waals surface area (Å²) in [5.41, 5.74) is 3.65. The van der Waals surface area contributed by atoms with E-state index in [2.05, 4.69) is 15.3 Å². The Morgan fingerprint density at radius 3 is 2.84 bits per heavy atom. The van der Waals surface area contributed by atoms with E-state index in [0.717, 1.165) is 22.4 Å². The molecule has 1 amide bonds. The highest BCUT2D eigenvalue weighted by atomic mass is 35.5. The molecule has 1 N–H and O–H groups in total. The van der Waals surface area contributed by atoms with Gasteiger partial charge in [-0.3, -0.25) is 4.79 Å². The lowest BCUT2D eigenvalue weighted by atomic mass is 10.0. The predicted molar refractivity (Wildman–Crippen MR) is 121 cm³/mol. The number of hydrogen-bond donors (Lipinski definition) is 1. The van der Waals surface area contributed by atoms with E-state index in [-0.39, 0.29) is 17.8 Å². The number of nitrogens with zero attached hydrogens (tertiary/aromatic N) is 3. The molecule has 6 nitrogen and oxygen atoms in total. The van der Waals surface area contributed by atoms with Gasteiger partial charge in [0.2, 0.25) is 5.82 Å². The van der Waals surface area contributed by atoms with Crippen molar-refractivity contribution in [1.29, 1.82) is 0 Å². The maximum absolute atomic E-state index is 13.2. The van der Waals surface area contributed by atoms with Gasteiger partial charge in [0.1, 0.15) is 11.3 Å². The summed E-state index contributed by atoms with van der Waals surface area (Å²) in [7, 11) is 1.78. The number of carbonyl (C=O) groups is 1. The molecule has 0 unspecified atom stereocenters. The fourth-order valence-electron chi connectivity index (χ4n) is 3.93. The average Bonchev–Trinajstić information content (AvgIpc) is 3.13. The van der Waals surface area contributed by atoms with Gasteiger partial charge in [-0.15, -0.1) is 0 Å². The first-order chi connectivity index (χ1) is 15.0. The van der Waals surface area contributed by atoms with Crippen molar-refractivity contribution in [1.82, 2.24) is 19.9 Å². The van der Waals surface area contributed by atoms with Crippen LogP contribution in [0.5, 0.6) is 5.75 Å². The van der Waals surface area contributed by atoms with E-state index in [1.807, 2.05) is 42.5 Å². The van der Waals surface area contributed by atoms with Crippen LogP contribution >= 0.6 is 23.2 Å². The molecule has 0 saturated carbocycles. The van der Waals surface area contributed by atoms with Gasteiger partial charge in [0, 0.05) is 36.4 Å². The summed E-state index contributed by atoms with van der Waals surface area (Å²) in [6, 6.07) is 14.8. The number of rotatable bonds is 3. The lowest BCUT2D eigenvalue weighted by molar-refractivity contribution is 0.0911. The molecule has 1 aliphatic rings.